The van der Waals surface area contributed by atoms with E-state index in [0.717, 1.165) is 46.4 Å². The Morgan fingerprint density at radius 3 is 2.80 bits per heavy atom. The van der Waals surface area contributed by atoms with E-state index in [1.54, 1.807) is 0 Å². The Morgan fingerprint density at radius 2 is 1.96 bits per heavy atom. The Labute approximate surface area is 155 Å². The van der Waals surface area contributed by atoms with Gasteiger partial charge in [-0.25, -0.2) is 4.98 Å². The molecule has 0 N–H and O–H groups in total. The highest BCUT2D eigenvalue weighted by Crippen LogP contribution is 2.28. The molecule has 0 aliphatic carbocycles. The summed E-state index contributed by atoms with van der Waals surface area (Å²) in [5.41, 5.74) is 3.23. The molecule has 128 valence electrons. The van der Waals surface area contributed by atoms with Crippen molar-refractivity contribution in [2.45, 2.75) is 25.8 Å². The lowest BCUT2D eigenvalue weighted by Crippen LogP contribution is -2.30. The summed E-state index contributed by atoms with van der Waals surface area (Å²) < 4.78 is 3.29. The summed E-state index contributed by atoms with van der Waals surface area (Å²) in [6.07, 6.45) is 1.42. The predicted octanol–water partition coefficient (Wildman–Crippen LogP) is 4.12. The molecule has 1 saturated heterocycles. The molecule has 2 aromatic carbocycles. The first-order valence-corrected chi connectivity index (χ1v) is 9.37. The van der Waals surface area contributed by atoms with Crippen molar-refractivity contribution in [1.29, 1.82) is 0 Å². The van der Waals surface area contributed by atoms with Gasteiger partial charge in [0.05, 0.1) is 23.5 Å². The SMILES string of the molecule is Cc1nc2ccccc2n1[C@H]1CCN(C(=O)Cc2ccccc2Br)C1. The third-order valence-corrected chi connectivity index (χ3v) is 5.73. The molecule has 0 spiro atoms. The number of aryl methyl sites for hydroxylation is 1. The highest BCUT2D eigenvalue weighted by molar-refractivity contribution is 9.10. The third kappa shape index (κ3) is 3.09. The van der Waals surface area contributed by atoms with Crippen LogP contribution in [0.3, 0.4) is 0 Å². The lowest BCUT2D eigenvalue weighted by molar-refractivity contribution is -0.129. The Morgan fingerprint density at radius 1 is 1.20 bits per heavy atom. The number of imidazole rings is 1. The van der Waals surface area contributed by atoms with E-state index in [0.29, 0.717) is 12.5 Å². The molecule has 1 aliphatic rings. The summed E-state index contributed by atoms with van der Waals surface area (Å²) >= 11 is 3.53. The van der Waals surface area contributed by atoms with E-state index in [4.69, 9.17) is 0 Å². The summed E-state index contributed by atoms with van der Waals surface area (Å²) in [5, 5.41) is 0. The van der Waals surface area contributed by atoms with Crippen molar-refractivity contribution in [3.63, 3.8) is 0 Å². The molecule has 2 heterocycles. The van der Waals surface area contributed by atoms with Gasteiger partial charge < -0.3 is 9.47 Å². The second kappa shape index (κ2) is 6.64. The van der Waals surface area contributed by atoms with Crippen LogP contribution < -0.4 is 0 Å². The molecule has 4 nitrogen and oxygen atoms in total. The molecule has 1 atom stereocenters. The van der Waals surface area contributed by atoms with Gasteiger partial charge in [-0.1, -0.05) is 46.3 Å². The van der Waals surface area contributed by atoms with Gasteiger partial charge in [0, 0.05) is 17.6 Å². The van der Waals surface area contributed by atoms with Crippen LogP contribution in [0.5, 0.6) is 0 Å². The lowest BCUT2D eigenvalue weighted by atomic mass is 10.1. The van der Waals surface area contributed by atoms with Gasteiger partial charge in [-0.2, -0.15) is 0 Å². The van der Waals surface area contributed by atoms with Gasteiger partial charge in [-0.3, -0.25) is 4.79 Å². The molecule has 1 aromatic heterocycles. The van der Waals surface area contributed by atoms with E-state index < -0.39 is 0 Å². The van der Waals surface area contributed by atoms with Crippen LogP contribution in [0.25, 0.3) is 11.0 Å². The van der Waals surface area contributed by atoms with Crippen molar-refractivity contribution in [2.24, 2.45) is 0 Å². The minimum atomic E-state index is 0.191. The van der Waals surface area contributed by atoms with Crippen LogP contribution in [0.1, 0.15) is 23.9 Å². The van der Waals surface area contributed by atoms with Crippen LogP contribution in [0.2, 0.25) is 0 Å². The van der Waals surface area contributed by atoms with Gasteiger partial charge in [-0.05, 0) is 37.1 Å². The minimum Gasteiger partial charge on any atom is -0.340 e. The van der Waals surface area contributed by atoms with E-state index in [1.807, 2.05) is 54.3 Å². The fraction of sp³-hybridized carbons (Fsp3) is 0.300. The number of aromatic nitrogens is 2. The van der Waals surface area contributed by atoms with Crippen molar-refractivity contribution in [2.75, 3.05) is 13.1 Å². The van der Waals surface area contributed by atoms with E-state index >= 15 is 0 Å². The van der Waals surface area contributed by atoms with Crippen LogP contribution >= 0.6 is 15.9 Å². The van der Waals surface area contributed by atoms with Gasteiger partial charge >= 0.3 is 0 Å². The minimum absolute atomic E-state index is 0.191. The number of benzene rings is 2. The first-order valence-electron chi connectivity index (χ1n) is 8.58. The maximum absolute atomic E-state index is 12.7. The number of hydrogen-bond acceptors (Lipinski definition) is 2. The molecule has 4 rings (SSSR count). The number of carbonyl (C=O) groups excluding carboxylic acids is 1. The Balaban J connectivity index is 1.52. The molecule has 0 saturated carbocycles. The second-order valence-corrected chi connectivity index (χ2v) is 7.42. The highest BCUT2D eigenvalue weighted by Gasteiger charge is 2.29. The smallest absolute Gasteiger partial charge is 0.227 e. The molecule has 0 unspecified atom stereocenters. The molecule has 1 fully saturated rings. The van der Waals surface area contributed by atoms with Gasteiger partial charge in [0.25, 0.3) is 0 Å². The molecule has 25 heavy (non-hydrogen) atoms. The van der Waals surface area contributed by atoms with Crippen molar-refractivity contribution >= 4 is 32.9 Å². The van der Waals surface area contributed by atoms with Gasteiger partial charge in [0.15, 0.2) is 0 Å². The summed E-state index contributed by atoms with van der Waals surface area (Å²) in [5.74, 6) is 1.21. The Bertz CT molecular complexity index is 934. The average molecular weight is 398 g/mol. The zero-order valence-electron chi connectivity index (χ0n) is 14.2. The summed E-state index contributed by atoms with van der Waals surface area (Å²) in [6.45, 7) is 3.61. The molecule has 1 amide bonds. The number of nitrogens with zero attached hydrogens (tertiary/aromatic N) is 3. The number of amides is 1. The maximum Gasteiger partial charge on any atom is 0.227 e. The van der Waals surface area contributed by atoms with E-state index in [1.165, 1.54) is 0 Å². The zero-order chi connectivity index (χ0) is 17.4. The van der Waals surface area contributed by atoms with Crippen LogP contribution in [0, 0.1) is 6.92 Å². The van der Waals surface area contributed by atoms with Crippen LogP contribution in [0.15, 0.2) is 53.0 Å². The maximum atomic E-state index is 12.7. The monoisotopic (exact) mass is 397 g/mol. The normalized spacial score (nSPS) is 17.4. The summed E-state index contributed by atoms with van der Waals surface area (Å²) in [4.78, 5) is 19.4. The predicted molar refractivity (Wildman–Crippen MR) is 103 cm³/mol. The number of rotatable bonds is 3. The lowest BCUT2D eigenvalue weighted by Gasteiger charge is -2.19. The molecular weight excluding hydrogens is 378 g/mol. The topological polar surface area (TPSA) is 38.1 Å². The fourth-order valence-corrected chi connectivity index (χ4v) is 4.15. The second-order valence-electron chi connectivity index (χ2n) is 6.57. The highest BCUT2D eigenvalue weighted by atomic mass is 79.9. The number of fused-ring (bicyclic) bond motifs is 1. The van der Waals surface area contributed by atoms with Crippen molar-refractivity contribution < 1.29 is 4.79 Å². The van der Waals surface area contributed by atoms with Gasteiger partial charge in [0.2, 0.25) is 5.91 Å². The number of hydrogen-bond donors (Lipinski definition) is 0. The van der Waals surface area contributed by atoms with Crippen molar-refractivity contribution in [1.82, 2.24) is 14.5 Å². The van der Waals surface area contributed by atoms with E-state index in [-0.39, 0.29) is 5.91 Å². The molecule has 1 aliphatic heterocycles. The third-order valence-electron chi connectivity index (χ3n) is 4.95. The Kier molecular flexibility index (Phi) is 4.34. The molecule has 0 radical (unpaired) electrons. The van der Waals surface area contributed by atoms with Gasteiger partial charge in [0.1, 0.15) is 5.82 Å². The number of para-hydroxylation sites is 2. The number of likely N-dealkylation sites (tertiary alicyclic amines) is 1. The first-order chi connectivity index (χ1) is 12.1. The van der Waals surface area contributed by atoms with Crippen LogP contribution in [-0.4, -0.2) is 33.4 Å². The van der Waals surface area contributed by atoms with Crippen LogP contribution in [-0.2, 0) is 11.2 Å². The zero-order valence-corrected chi connectivity index (χ0v) is 15.7. The molecule has 0 bridgehead atoms. The standard InChI is InChI=1S/C20H20BrN3O/c1-14-22-18-8-4-5-9-19(18)24(14)16-10-11-23(13-16)20(25)12-15-6-2-3-7-17(15)21/h2-9,16H,10-13H2,1H3/t16-/m0/s1. The van der Waals surface area contributed by atoms with Crippen molar-refractivity contribution in [3.05, 3.63) is 64.4 Å². The number of halogens is 1. The quantitative estimate of drug-likeness (QED) is 0.666. The Hall–Kier alpha value is -2.14. The van der Waals surface area contributed by atoms with Gasteiger partial charge in [-0.15, -0.1) is 0 Å². The van der Waals surface area contributed by atoms with E-state index in [9.17, 15) is 4.79 Å². The molecule has 3 aromatic rings. The fourth-order valence-electron chi connectivity index (χ4n) is 3.72. The average Bonchev–Trinajstić information content (AvgIpc) is 3.20. The molecular formula is C20H20BrN3O. The first kappa shape index (κ1) is 16.3. The van der Waals surface area contributed by atoms with Crippen LogP contribution in [0.4, 0.5) is 0 Å². The summed E-state index contributed by atoms with van der Waals surface area (Å²) in [6, 6.07) is 16.4. The largest absolute Gasteiger partial charge is 0.340 e. The van der Waals surface area contributed by atoms with Crippen molar-refractivity contribution in [3.8, 4) is 0 Å². The summed E-state index contributed by atoms with van der Waals surface area (Å²) in [7, 11) is 0. The van der Waals surface area contributed by atoms with E-state index in [2.05, 4.69) is 31.5 Å². The molecule has 5 heteroatoms. The number of carbonyl (C=O) groups is 1.